The fraction of sp³-hybridized carbons (Fsp3) is 0.417. The second-order valence-electron chi connectivity index (χ2n) is 3.36. The summed E-state index contributed by atoms with van der Waals surface area (Å²) in [6, 6.07) is 8.84. The summed E-state index contributed by atoms with van der Waals surface area (Å²) in [6.07, 6.45) is 0. The van der Waals surface area contributed by atoms with Crippen LogP contribution in [0.4, 0.5) is 0 Å². The van der Waals surface area contributed by atoms with Gasteiger partial charge in [-0.3, -0.25) is 13.6 Å². The molecule has 0 spiro atoms. The monoisotopic (exact) mass is 269 g/mol. The molecule has 0 aliphatic carbocycles. The van der Waals surface area contributed by atoms with Crippen molar-refractivity contribution in [1.82, 2.24) is 0 Å². The van der Waals surface area contributed by atoms with Gasteiger partial charge < -0.3 is 0 Å². The molecule has 1 aromatic carbocycles. The van der Waals surface area contributed by atoms with Gasteiger partial charge in [0.05, 0.1) is 31.5 Å². The lowest BCUT2D eigenvalue weighted by molar-refractivity contribution is 0.116. The molecule has 98 valence electrons. The van der Waals surface area contributed by atoms with Gasteiger partial charge in [-0.1, -0.05) is 12.1 Å². The van der Waals surface area contributed by atoms with Crippen LogP contribution in [-0.2, 0) is 24.7 Å². The number of phosphoric acid groups is 1. The third kappa shape index (κ3) is 4.59. The van der Waals surface area contributed by atoms with Crippen LogP contribution in [-0.4, -0.2) is 13.2 Å². The topological polar surface area (TPSA) is 68.6 Å². The number of benzene rings is 1. The molecule has 0 aromatic heterocycles. The maximum absolute atomic E-state index is 12.0. The zero-order valence-electron chi connectivity index (χ0n) is 10.5. The van der Waals surface area contributed by atoms with Crippen LogP contribution < -0.4 is 0 Å². The molecule has 1 rings (SSSR count). The van der Waals surface area contributed by atoms with Gasteiger partial charge in [-0.05, 0) is 31.5 Å². The Morgan fingerprint density at radius 3 is 2.11 bits per heavy atom. The highest BCUT2D eigenvalue weighted by molar-refractivity contribution is 7.48. The van der Waals surface area contributed by atoms with Crippen molar-refractivity contribution < 1.29 is 18.1 Å². The molecule has 0 aliphatic rings. The third-order valence-electron chi connectivity index (χ3n) is 2.05. The average Bonchev–Trinajstić information content (AvgIpc) is 2.38. The lowest BCUT2D eigenvalue weighted by atomic mass is 10.2. The van der Waals surface area contributed by atoms with E-state index >= 15 is 0 Å². The first-order valence-electron chi connectivity index (χ1n) is 5.66. The lowest BCUT2D eigenvalue weighted by Gasteiger charge is -2.16. The summed E-state index contributed by atoms with van der Waals surface area (Å²) < 4.78 is 27.2. The van der Waals surface area contributed by atoms with Crippen molar-refractivity contribution in [2.24, 2.45) is 0 Å². The number of hydrogen-bond donors (Lipinski definition) is 0. The molecule has 0 amide bonds. The highest BCUT2D eigenvalue weighted by Crippen LogP contribution is 2.49. The first-order valence-corrected chi connectivity index (χ1v) is 7.12. The van der Waals surface area contributed by atoms with Gasteiger partial charge in [0.15, 0.2) is 0 Å². The van der Waals surface area contributed by atoms with E-state index in [4.69, 9.17) is 18.8 Å². The van der Waals surface area contributed by atoms with Gasteiger partial charge in [0.2, 0.25) is 0 Å². The van der Waals surface area contributed by atoms with E-state index in [0.717, 1.165) is 5.56 Å². The Kier molecular flexibility index (Phi) is 6.03. The average molecular weight is 269 g/mol. The van der Waals surface area contributed by atoms with Gasteiger partial charge in [0.25, 0.3) is 0 Å². The van der Waals surface area contributed by atoms with Crippen molar-refractivity contribution in [1.29, 1.82) is 5.26 Å². The van der Waals surface area contributed by atoms with Crippen LogP contribution in [0.2, 0.25) is 0 Å². The van der Waals surface area contributed by atoms with Crippen molar-refractivity contribution >= 4 is 7.82 Å². The minimum Gasteiger partial charge on any atom is -0.287 e. The van der Waals surface area contributed by atoms with E-state index in [2.05, 4.69) is 0 Å². The third-order valence-corrected chi connectivity index (χ3v) is 3.64. The molecule has 5 nitrogen and oxygen atoms in total. The molecule has 6 heteroatoms. The molecule has 0 radical (unpaired) electrons. The number of nitriles is 1. The van der Waals surface area contributed by atoms with E-state index in [1.807, 2.05) is 6.07 Å². The molecule has 0 fully saturated rings. The first kappa shape index (κ1) is 14.9. The quantitative estimate of drug-likeness (QED) is 0.710. The van der Waals surface area contributed by atoms with Gasteiger partial charge in [-0.2, -0.15) is 5.26 Å². The number of nitrogens with zero attached hydrogens (tertiary/aromatic N) is 1. The minimum absolute atomic E-state index is 0.114. The molecule has 0 N–H and O–H groups in total. The zero-order chi connectivity index (χ0) is 13.4. The fourth-order valence-electron chi connectivity index (χ4n) is 1.26. The predicted octanol–water partition coefficient (Wildman–Crippen LogP) is 3.26. The Morgan fingerprint density at radius 1 is 1.11 bits per heavy atom. The van der Waals surface area contributed by atoms with Gasteiger partial charge in [0, 0.05) is 0 Å². The van der Waals surface area contributed by atoms with Crippen molar-refractivity contribution in [2.75, 3.05) is 13.2 Å². The summed E-state index contributed by atoms with van der Waals surface area (Å²) in [5.74, 6) is 0. The van der Waals surface area contributed by atoms with Gasteiger partial charge in [0.1, 0.15) is 0 Å². The summed E-state index contributed by atoms with van der Waals surface area (Å²) >= 11 is 0. The molecule has 0 unspecified atom stereocenters. The zero-order valence-corrected chi connectivity index (χ0v) is 11.4. The Bertz CT molecular complexity index is 442. The molecule has 18 heavy (non-hydrogen) atoms. The van der Waals surface area contributed by atoms with Gasteiger partial charge in [-0.25, -0.2) is 4.57 Å². The second-order valence-corrected chi connectivity index (χ2v) is 5.03. The normalized spacial score (nSPS) is 11.2. The summed E-state index contributed by atoms with van der Waals surface area (Å²) in [4.78, 5) is 0. The summed E-state index contributed by atoms with van der Waals surface area (Å²) in [5.41, 5.74) is 1.37. The summed E-state index contributed by atoms with van der Waals surface area (Å²) in [6.45, 7) is 4.06. The molecular formula is C12H16NO4P. The van der Waals surface area contributed by atoms with Gasteiger partial charge >= 0.3 is 7.82 Å². The van der Waals surface area contributed by atoms with Crippen LogP contribution in [0.25, 0.3) is 0 Å². The lowest BCUT2D eigenvalue weighted by Crippen LogP contribution is -2.00. The van der Waals surface area contributed by atoms with Gasteiger partial charge in [-0.15, -0.1) is 0 Å². The molecule has 0 bridgehead atoms. The Balaban J connectivity index is 2.61. The van der Waals surface area contributed by atoms with Crippen molar-refractivity contribution in [2.45, 2.75) is 20.5 Å². The van der Waals surface area contributed by atoms with E-state index in [-0.39, 0.29) is 19.8 Å². The molecular weight excluding hydrogens is 253 g/mol. The molecule has 0 atom stereocenters. The summed E-state index contributed by atoms with van der Waals surface area (Å²) in [7, 11) is -3.47. The largest absolute Gasteiger partial charge is 0.475 e. The van der Waals surface area contributed by atoms with Crippen LogP contribution in [0.3, 0.4) is 0 Å². The van der Waals surface area contributed by atoms with E-state index in [9.17, 15) is 4.57 Å². The second kappa shape index (κ2) is 7.30. The van der Waals surface area contributed by atoms with Crippen LogP contribution in [0, 0.1) is 11.3 Å². The molecule has 0 aliphatic heterocycles. The minimum atomic E-state index is -3.47. The van der Waals surface area contributed by atoms with Crippen molar-refractivity contribution in [3.05, 3.63) is 35.4 Å². The number of phosphoric ester groups is 1. The maximum atomic E-state index is 12.0. The Morgan fingerprint density at radius 2 is 1.67 bits per heavy atom. The highest BCUT2D eigenvalue weighted by atomic mass is 31.2. The van der Waals surface area contributed by atoms with Crippen LogP contribution in [0.5, 0.6) is 0 Å². The highest BCUT2D eigenvalue weighted by Gasteiger charge is 2.25. The van der Waals surface area contributed by atoms with E-state index in [1.165, 1.54) is 0 Å². The van der Waals surface area contributed by atoms with E-state index in [0.29, 0.717) is 5.56 Å². The maximum Gasteiger partial charge on any atom is 0.475 e. The Hall–Kier alpha value is -1.18. The van der Waals surface area contributed by atoms with E-state index < -0.39 is 7.82 Å². The smallest absolute Gasteiger partial charge is 0.287 e. The SMILES string of the molecule is CCOP(=O)(OCC)OCc1ccc(C#N)cc1. The first-order chi connectivity index (χ1) is 8.63. The fourth-order valence-corrected chi connectivity index (χ4v) is 2.42. The van der Waals surface area contributed by atoms with Crippen LogP contribution >= 0.6 is 7.82 Å². The Labute approximate surface area is 107 Å². The molecule has 0 saturated carbocycles. The molecule has 1 aromatic rings. The molecule has 0 saturated heterocycles. The van der Waals surface area contributed by atoms with Crippen molar-refractivity contribution in [3.8, 4) is 6.07 Å². The number of rotatable bonds is 7. The molecule has 0 heterocycles. The van der Waals surface area contributed by atoms with E-state index in [1.54, 1.807) is 38.1 Å². The standard InChI is InChI=1S/C12H16NO4P/c1-3-15-18(14,16-4-2)17-10-12-7-5-11(9-13)6-8-12/h5-8H,3-4,10H2,1-2H3. The van der Waals surface area contributed by atoms with Crippen LogP contribution in [0.15, 0.2) is 24.3 Å². The number of hydrogen-bond acceptors (Lipinski definition) is 5. The predicted molar refractivity (Wildman–Crippen MR) is 66.8 cm³/mol. The van der Waals surface area contributed by atoms with Crippen LogP contribution in [0.1, 0.15) is 25.0 Å². The summed E-state index contributed by atoms with van der Waals surface area (Å²) in [5, 5.41) is 8.66. The van der Waals surface area contributed by atoms with Crippen molar-refractivity contribution in [3.63, 3.8) is 0 Å².